The van der Waals surface area contributed by atoms with Crippen LogP contribution in [0.4, 0.5) is 12.9 Å². The molecule has 20 heteroatoms. The van der Waals surface area contributed by atoms with Gasteiger partial charge in [-0.2, -0.15) is 12.1 Å². The molecule has 0 spiro atoms. The zero-order valence-corrected chi connectivity index (χ0v) is 33.2. The van der Waals surface area contributed by atoms with Crippen LogP contribution in [0.25, 0.3) is 10.0 Å². The fourth-order valence-corrected chi connectivity index (χ4v) is 7.91. The molecular formula is C29H34BBrF3KN10O2S2. The predicted molar refractivity (Wildman–Crippen MR) is 182 cm³/mol. The average molecular weight is 806 g/mol. The summed E-state index contributed by atoms with van der Waals surface area (Å²) in [5.41, 5.74) is 3.72. The summed E-state index contributed by atoms with van der Waals surface area (Å²) in [6.07, 6.45) is 7.25. The van der Waals surface area contributed by atoms with Gasteiger partial charge in [-0.3, -0.25) is 26.8 Å². The Balaban J connectivity index is 0.000000205. The van der Waals surface area contributed by atoms with Crippen molar-refractivity contribution in [2.45, 2.75) is 68.1 Å². The molecule has 0 amide bonds. The maximum atomic E-state index is 9.67. The Morgan fingerprint density at radius 1 is 0.796 bits per heavy atom. The van der Waals surface area contributed by atoms with Gasteiger partial charge in [0, 0.05) is 43.9 Å². The van der Waals surface area contributed by atoms with Crippen molar-refractivity contribution in [2.75, 3.05) is 0 Å². The number of nitrogens with zero attached hydrogens (tertiary/aromatic N) is 10. The third kappa shape index (κ3) is 10.0. The molecule has 12 nitrogen and oxygen atoms in total. The van der Waals surface area contributed by atoms with Gasteiger partial charge in [-0.25, -0.2) is 5.10 Å². The number of hydrogen-bond acceptors (Lipinski definition) is 10. The second-order valence-corrected chi connectivity index (χ2v) is 13.4. The van der Waals surface area contributed by atoms with E-state index in [4.69, 9.17) is 9.47 Å². The van der Waals surface area contributed by atoms with E-state index in [1.807, 2.05) is 36.9 Å². The van der Waals surface area contributed by atoms with E-state index < -0.39 is 7.54 Å². The van der Waals surface area contributed by atoms with Crippen molar-refractivity contribution >= 4 is 46.1 Å². The number of ether oxygens (including phenoxy) is 2. The van der Waals surface area contributed by atoms with Crippen molar-refractivity contribution < 1.29 is 73.8 Å². The normalized spacial score (nSPS) is 12.2. The Labute approximate surface area is 341 Å². The number of hydrogen-bond donors (Lipinski definition) is 0. The summed E-state index contributed by atoms with van der Waals surface area (Å²) in [6, 6.07) is 3.77. The molecule has 6 aromatic heterocycles. The van der Waals surface area contributed by atoms with E-state index in [1.165, 1.54) is 41.1 Å². The fraction of sp³-hybridized carbons (Fsp3) is 0.345. The molecule has 8 rings (SSSR count). The minimum Gasteiger partial charge on any atom is -0.409 e. The molecule has 8 heterocycles. The van der Waals surface area contributed by atoms with Crippen LogP contribution in [0.15, 0.2) is 41.4 Å². The van der Waals surface area contributed by atoms with Gasteiger partial charge in [-0.1, -0.05) is 7.43 Å². The maximum Gasteiger partial charge on any atom is 1.00 e. The minimum absolute atomic E-state index is 0. The molecular weight excluding hydrogens is 771 g/mol. The summed E-state index contributed by atoms with van der Waals surface area (Å²) in [7, 11) is -0.181. The second-order valence-electron chi connectivity index (χ2n) is 10.2. The largest absolute Gasteiger partial charge is 1.00 e. The van der Waals surface area contributed by atoms with E-state index in [-0.39, 0.29) is 58.8 Å². The second kappa shape index (κ2) is 18.9. The summed E-state index contributed by atoms with van der Waals surface area (Å²) < 4.78 is 49.2. The van der Waals surface area contributed by atoms with Crippen molar-refractivity contribution in [2.24, 2.45) is 0 Å². The van der Waals surface area contributed by atoms with Gasteiger partial charge in [0.15, 0.2) is 11.6 Å². The van der Waals surface area contributed by atoms with E-state index in [0.717, 1.165) is 34.3 Å². The summed E-state index contributed by atoms with van der Waals surface area (Å²) >= 11 is 7.13. The quantitative estimate of drug-likeness (QED) is 0.191. The Morgan fingerprint density at radius 3 is 1.80 bits per heavy atom. The molecule has 6 aromatic rings. The Bertz CT molecular complexity index is 1910. The molecule has 0 unspecified atom stereocenters. The van der Waals surface area contributed by atoms with Gasteiger partial charge < -0.3 is 14.2 Å². The number of rotatable bonds is 2. The average Bonchev–Trinajstić information content (AvgIpc) is 3.88. The summed E-state index contributed by atoms with van der Waals surface area (Å²) in [5, 5.41) is 27.0. The smallest absolute Gasteiger partial charge is 0.409 e. The van der Waals surface area contributed by atoms with Gasteiger partial charge in [0.1, 0.15) is 34.9 Å². The van der Waals surface area contributed by atoms with Crippen LogP contribution in [0.2, 0.25) is 0 Å². The third-order valence-electron chi connectivity index (χ3n) is 6.96. The van der Waals surface area contributed by atoms with E-state index in [1.54, 1.807) is 41.3 Å². The molecule has 0 radical (unpaired) electrons. The van der Waals surface area contributed by atoms with Gasteiger partial charge in [0.25, 0.3) is 0 Å². The Morgan fingerprint density at radius 2 is 1.31 bits per heavy atom. The topological polar surface area (TPSA) is 116 Å². The molecule has 0 aromatic carbocycles. The summed E-state index contributed by atoms with van der Waals surface area (Å²) in [6.45, 7) is 11.2. The SMILES string of the molecule is C.Cc1sc2c(c1Br)COCc1nnc(C)n1-2.Cc1sc2c(c1Cn1cccn1)COCc1nnc(C)n1-2.FB(F)F.[CH2-]n1cccn1.[K+]. The van der Waals surface area contributed by atoms with E-state index in [0.29, 0.717) is 26.4 Å². The van der Waals surface area contributed by atoms with Gasteiger partial charge >= 0.3 is 58.9 Å². The first-order valence-electron chi connectivity index (χ1n) is 14.1. The van der Waals surface area contributed by atoms with Crippen molar-refractivity contribution in [3.63, 3.8) is 0 Å². The molecule has 0 fully saturated rings. The molecule has 0 aliphatic carbocycles. The minimum atomic E-state index is -3.67. The molecule has 256 valence electrons. The van der Waals surface area contributed by atoms with Crippen LogP contribution in [-0.4, -0.2) is 56.6 Å². The zero-order chi connectivity index (χ0) is 33.7. The van der Waals surface area contributed by atoms with Crippen LogP contribution < -0.4 is 51.4 Å². The van der Waals surface area contributed by atoms with E-state index in [2.05, 4.69) is 76.6 Å². The number of thiophene rings is 2. The number of halogens is 4. The van der Waals surface area contributed by atoms with Crippen molar-refractivity contribution in [1.29, 1.82) is 0 Å². The molecule has 0 saturated carbocycles. The van der Waals surface area contributed by atoms with Gasteiger partial charge in [0.2, 0.25) is 0 Å². The standard InChI is InChI=1S/C14H15N5OS.C10H10BrN3OS.C4H5N2.CH4.BF3.K/c1-9-11(6-18-5-3-4-15-18)12-7-20-8-13-17-16-10(2)19(13)14(12)21-9;1-5-9(11)7-3-15-4-8-13-12-6(2)14(8)10(7)16-5;1-6-4-2-3-5-6;;2-1(3)4;/h3-5H,6-8H2,1-2H3;3-4H2,1-2H3;2-4H,1H2;1H4;;/q;;-1;;;+1. The van der Waals surface area contributed by atoms with Crippen LogP contribution in [0, 0.1) is 34.7 Å². The van der Waals surface area contributed by atoms with Crippen molar-refractivity contribution in [3.05, 3.63) is 98.2 Å². The number of aryl methyl sites for hydroxylation is 4. The van der Waals surface area contributed by atoms with Crippen LogP contribution in [0.3, 0.4) is 0 Å². The fourth-order valence-electron chi connectivity index (χ4n) is 4.88. The van der Waals surface area contributed by atoms with E-state index >= 15 is 0 Å². The first-order chi connectivity index (χ1) is 22.5. The van der Waals surface area contributed by atoms with Crippen LogP contribution in [0.5, 0.6) is 0 Å². The molecule has 2 aliphatic rings. The van der Waals surface area contributed by atoms with Gasteiger partial charge in [-0.15, -0.1) is 55.3 Å². The first-order valence-corrected chi connectivity index (χ1v) is 16.5. The summed E-state index contributed by atoms with van der Waals surface area (Å²) in [4.78, 5) is 2.55. The Hall–Kier alpha value is -2.14. The van der Waals surface area contributed by atoms with Crippen LogP contribution >= 0.6 is 38.6 Å². The van der Waals surface area contributed by atoms with Crippen LogP contribution in [-0.2, 0) is 42.4 Å². The van der Waals surface area contributed by atoms with Gasteiger partial charge in [-0.05, 0) is 55.3 Å². The predicted octanol–water partition coefficient (Wildman–Crippen LogP) is 4.00. The van der Waals surface area contributed by atoms with Crippen molar-refractivity contribution in [1.82, 2.24) is 49.1 Å². The third-order valence-corrected chi connectivity index (χ3v) is 10.6. The molecule has 0 atom stereocenters. The first kappa shape index (κ1) is 41.3. The Kier molecular flexibility index (Phi) is 15.9. The zero-order valence-electron chi connectivity index (χ0n) is 26.9. The van der Waals surface area contributed by atoms with E-state index in [9.17, 15) is 12.9 Å². The van der Waals surface area contributed by atoms with Crippen LogP contribution in [0.1, 0.15) is 57.2 Å². The van der Waals surface area contributed by atoms with Crippen molar-refractivity contribution in [3.8, 4) is 10.0 Å². The van der Waals surface area contributed by atoms with Gasteiger partial charge in [0.05, 0.1) is 19.8 Å². The molecule has 49 heavy (non-hydrogen) atoms. The molecule has 0 saturated heterocycles. The summed E-state index contributed by atoms with van der Waals surface area (Å²) in [5.74, 6) is 3.57. The molecule has 2 aliphatic heterocycles. The monoisotopic (exact) mass is 804 g/mol. The number of fused-ring (bicyclic) bond motifs is 6. The number of aromatic nitrogens is 10. The molecule has 0 N–H and O–H groups in total. The molecule has 0 bridgehead atoms. The maximum absolute atomic E-state index is 9.67.